The van der Waals surface area contributed by atoms with E-state index < -0.39 is 226 Å². The Balaban J connectivity index is 0.830. The van der Waals surface area contributed by atoms with Crippen molar-refractivity contribution in [3.63, 3.8) is 0 Å². The van der Waals surface area contributed by atoms with Crippen molar-refractivity contribution in [1.29, 1.82) is 0 Å². The molecule has 10 fully saturated rings. The van der Waals surface area contributed by atoms with Crippen LogP contribution < -0.4 is 0 Å². The topological polar surface area (TPSA) is 472 Å². The predicted octanol–water partition coefficient (Wildman–Crippen LogP) is -4.08. The van der Waals surface area contributed by atoms with E-state index in [2.05, 4.69) is 40.7 Å². The molecule has 37 atom stereocenters. The van der Waals surface area contributed by atoms with Crippen LogP contribution in [0.4, 0.5) is 0 Å². The third-order valence-corrected chi connectivity index (χ3v) is 24.9. The molecule has 6 saturated heterocycles. The Hall–Kier alpha value is -1.91. The van der Waals surface area contributed by atoms with Gasteiger partial charge in [-0.05, 0) is 117 Å². The fourth-order valence-electron chi connectivity index (χ4n) is 18.7. The lowest BCUT2D eigenvalue weighted by Crippen LogP contribution is -2.67. The molecule has 6 aliphatic heterocycles. The summed E-state index contributed by atoms with van der Waals surface area (Å²) in [4.78, 5) is 15.7. The van der Waals surface area contributed by atoms with Gasteiger partial charge in [-0.3, -0.25) is 4.79 Å². The molecule has 6 heterocycles. The van der Waals surface area contributed by atoms with Crippen molar-refractivity contribution in [2.75, 3.05) is 33.0 Å². The molecule has 0 bridgehead atoms. The van der Waals surface area contributed by atoms with Crippen LogP contribution >= 0.6 is 0 Å². The molecule has 540 valence electrons. The average molecular weight is 1350 g/mol. The van der Waals surface area contributed by atoms with E-state index >= 15 is 4.79 Å². The number of aliphatic hydroxyl groups excluding tert-OH is 17. The van der Waals surface area contributed by atoms with Gasteiger partial charge in [0.05, 0.1) is 56.8 Å². The lowest BCUT2D eigenvalue weighted by molar-refractivity contribution is -0.379. The Morgan fingerprint density at radius 2 is 1.07 bits per heavy atom. The minimum atomic E-state index is -1.97. The molecular formula is C64H104O30. The quantitative estimate of drug-likeness (QED) is 0.0421. The summed E-state index contributed by atoms with van der Waals surface area (Å²) < 4.78 is 72.2. The van der Waals surface area contributed by atoms with Crippen molar-refractivity contribution in [2.24, 2.45) is 50.2 Å². The third kappa shape index (κ3) is 12.5. The number of esters is 1. The number of carbonyl (C=O) groups excluding carboxylic acids is 1. The molecule has 0 aromatic heterocycles. The Labute approximate surface area is 545 Å². The van der Waals surface area contributed by atoms with Gasteiger partial charge < -0.3 is 144 Å². The Kier molecular flexibility index (Phi) is 21.4. The zero-order valence-electron chi connectivity index (χ0n) is 54.6. The molecule has 30 nitrogen and oxygen atoms in total. The largest absolute Gasteiger partial charge is 0.432 e. The Morgan fingerprint density at radius 3 is 1.74 bits per heavy atom. The molecule has 11 rings (SSSR count). The van der Waals surface area contributed by atoms with Crippen molar-refractivity contribution < 1.29 is 148 Å². The minimum Gasteiger partial charge on any atom is -0.432 e. The lowest BCUT2D eigenvalue weighted by Gasteiger charge is -2.71. The molecule has 17 N–H and O–H groups in total. The molecule has 11 aliphatic rings. The molecule has 0 unspecified atom stereocenters. The molecule has 0 amide bonds. The normalized spacial score (nSPS) is 55.3. The van der Waals surface area contributed by atoms with Gasteiger partial charge in [0, 0.05) is 5.41 Å². The first kappa shape index (κ1) is 73.3. The SMILES string of the molecule is C[C@@H]1O[C@@H](O[C@H]2[C@H](OC(=O)[C@]34CCC(C)(C)C[C@H]3C3=CC[C@@H]5[C@@]6(C)CC[C@H](O[C@@H]7OC[C@H](O)[C@H](O)[C@H]7O[C@@H]7O[C@@H](C)[C@H](O)[C@@H](O[C@@H]8OC[C@@H](O)[C@H](O)[C@H]8O)[C@H]7O)[C@@](C)(CO)[C@@H]6CC[C@@]5(C)[C@]3(C)CC4)O[C@H](CO[C@@H]3O[C@H](CO)[C@@H](O)[C@H](O)[C@H]3O)[C@@H](O)[C@@H]2O)[C@H](O)[C@H](O)[C@H]1O. The van der Waals surface area contributed by atoms with Crippen LogP contribution in [0.15, 0.2) is 11.6 Å². The number of hydrogen-bond donors (Lipinski definition) is 17. The summed E-state index contributed by atoms with van der Waals surface area (Å²) in [6.07, 6.45) is -38.3. The van der Waals surface area contributed by atoms with Gasteiger partial charge in [0.1, 0.15) is 116 Å². The van der Waals surface area contributed by atoms with Gasteiger partial charge in [0.25, 0.3) is 0 Å². The highest BCUT2D eigenvalue weighted by Gasteiger charge is 2.71. The van der Waals surface area contributed by atoms with Crippen molar-refractivity contribution in [3.05, 3.63) is 11.6 Å². The van der Waals surface area contributed by atoms with E-state index in [0.29, 0.717) is 64.2 Å². The van der Waals surface area contributed by atoms with Crippen molar-refractivity contribution in [1.82, 2.24) is 0 Å². The predicted molar refractivity (Wildman–Crippen MR) is 315 cm³/mol. The number of carbonyl (C=O) groups is 1. The van der Waals surface area contributed by atoms with Crippen molar-refractivity contribution in [2.45, 2.75) is 298 Å². The Morgan fingerprint density at radius 1 is 0.511 bits per heavy atom. The van der Waals surface area contributed by atoms with Crippen LogP contribution in [0.25, 0.3) is 0 Å². The maximum Gasteiger partial charge on any atom is 0.315 e. The first-order valence-electron chi connectivity index (χ1n) is 33.5. The van der Waals surface area contributed by atoms with E-state index in [1.807, 2.05) is 6.92 Å². The second-order valence-corrected chi connectivity index (χ2v) is 30.8. The molecular weight excluding hydrogens is 1250 g/mol. The number of fused-ring (bicyclic) bond motifs is 7. The number of aliphatic hydroxyl groups is 17. The summed E-state index contributed by atoms with van der Waals surface area (Å²) in [6.45, 7) is 13.6. The van der Waals surface area contributed by atoms with Crippen molar-refractivity contribution >= 4 is 5.97 Å². The number of allylic oxidation sites excluding steroid dienone is 2. The van der Waals surface area contributed by atoms with Crippen LogP contribution in [0.5, 0.6) is 0 Å². The highest BCUT2D eigenvalue weighted by molar-refractivity contribution is 5.79. The second kappa shape index (κ2) is 27.5. The zero-order valence-corrected chi connectivity index (χ0v) is 54.6. The van der Waals surface area contributed by atoms with Gasteiger partial charge in [0.2, 0.25) is 6.29 Å². The van der Waals surface area contributed by atoms with Crippen LogP contribution in [-0.4, -0.2) is 304 Å². The molecule has 5 aliphatic carbocycles. The van der Waals surface area contributed by atoms with Crippen LogP contribution in [-0.2, 0) is 61.6 Å². The van der Waals surface area contributed by atoms with Gasteiger partial charge in [-0.25, -0.2) is 0 Å². The number of hydrogen-bond acceptors (Lipinski definition) is 30. The van der Waals surface area contributed by atoms with Crippen LogP contribution in [0.3, 0.4) is 0 Å². The average Bonchev–Trinajstić information content (AvgIpc) is 0.675. The number of ether oxygens (including phenoxy) is 12. The second-order valence-electron chi connectivity index (χ2n) is 30.8. The minimum absolute atomic E-state index is 0.0450. The van der Waals surface area contributed by atoms with Gasteiger partial charge in [-0.15, -0.1) is 0 Å². The van der Waals surface area contributed by atoms with Gasteiger partial charge >= 0.3 is 5.97 Å². The molecule has 4 saturated carbocycles. The van der Waals surface area contributed by atoms with E-state index in [4.69, 9.17) is 56.8 Å². The summed E-state index contributed by atoms with van der Waals surface area (Å²) in [5, 5.41) is 185. The van der Waals surface area contributed by atoms with Gasteiger partial charge in [-0.1, -0.05) is 53.2 Å². The highest BCUT2D eigenvalue weighted by atomic mass is 16.8. The van der Waals surface area contributed by atoms with Gasteiger partial charge in [-0.2, -0.15) is 0 Å². The summed E-state index contributed by atoms with van der Waals surface area (Å²) in [5.41, 5.74) is -2.50. The Bertz CT molecular complexity index is 2640. The number of rotatable bonds is 15. The van der Waals surface area contributed by atoms with E-state index in [0.717, 1.165) is 5.57 Å². The first-order valence-corrected chi connectivity index (χ1v) is 33.5. The summed E-state index contributed by atoms with van der Waals surface area (Å²) in [5.74, 6) is -1.16. The molecule has 30 heteroatoms. The lowest BCUT2D eigenvalue weighted by atomic mass is 9.33. The summed E-state index contributed by atoms with van der Waals surface area (Å²) >= 11 is 0. The summed E-state index contributed by atoms with van der Waals surface area (Å²) in [7, 11) is 0. The molecule has 0 aromatic rings. The van der Waals surface area contributed by atoms with E-state index in [9.17, 15) is 86.8 Å². The fourth-order valence-corrected chi connectivity index (χ4v) is 18.7. The summed E-state index contributed by atoms with van der Waals surface area (Å²) in [6, 6.07) is 0. The van der Waals surface area contributed by atoms with Crippen LogP contribution in [0, 0.1) is 50.2 Å². The monoisotopic (exact) mass is 1350 g/mol. The third-order valence-electron chi connectivity index (χ3n) is 24.9. The van der Waals surface area contributed by atoms with Crippen LogP contribution in [0.2, 0.25) is 0 Å². The first-order chi connectivity index (χ1) is 44.1. The maximum absolute atomic E-state index is 15.7. The van der Waals surface area contributed by atoms with Crippen molar-refractivity contribution in [3.8, 4) is 0 Å². The van der Waals surface area contributed by atoms with Gasteiger partial charge in [0.15, 0.2) is 37.6 Å². The fraction of sp³-hybridized carbons (Fsp3) is 0.953. The van der Waals surface area contributed by atoms with Crippen LogP contribution in [0.1, 0.15) is 120 Å². The molecule has 0 radical (unpaired) electrons. The molecule has 0 spiro atoms. The maximum atomic E-state index is 15.7. The van der Waals surface area contributed by atoms with E-state index in [1.54, 1.807) is 0 Å². The van der Waals surface area contributed by atoms with E-state index in [1.165, 1.54) is 13.8 Å². The molecule has 0 aromatic carbocycles. The standard InChI is InChI=1S/C64H104O30/c1-25-36(69)42(75)47(80)54(86-25)93-51-44(77)41(74)32(23-85-52-46(79)43(76)40(73)31(20-65)88-52)89-57(51)94-58(82)64-17-15-59(3,4)19-28(64)27-9-10-34-60(5)13-12-35(61(6,24-66)33(60)11-14-63(34,8)62(27,7)16-18-64)90-56-50(39(72)30(68)22-84-56)92-55-48(81)49(37(70)26(2)87-55)91-53-45(78)38(71)29(67)21-83-53/h9,25-26,28-57,65-81H,10-24H2,1-8H3/t25-,26-,28-,29+,30-,31+,32+,33+,34+,35-,36-,37-,38-,39-,40+,41+,42+,43-,44-,45+,46+,47+,48+,49+,50+,51+,52+,53-,54-,55-,56-,57-,60-,61-,62+,63+,64-/m0/s1. The highest BCUT2D eigenvalue weighted by Crippen LogP contribution is 2.76. The molecule has 94 heavy (non-hydrogen) atoms. The van der Waals surface area contributed by atoms with E-state index in [-0.39, 0.29) is 41.8 Å². The zero-order chi connectivity index (χ0) is 68.4. The smallest absolute Gasteiger partial charge is 0.315 e.